The second-order valence-electron chi connectivity index (χ2n) is 6.86. The molecule has 1 aliphatic rings. The van der Waals surface area contributed by atoms with Gasteiger partial charge in [0.05, 0.1) is 4.70 Å². The predicted octanol–water partition coefficient (Wildman–Crippen LogP) is 3.88. The summed E-state index contributed by atoms with van der Waals surface area (Å²) in [6.45, 7) is 6.16. The van der Waals surface area contributed by atoms with Crippen LogP contribution in [0.4, 0.5) is 0 Å². The fourth-order valence-corrected chi connectivity index (χ4v) is 4.75. The molecule has 0 bridgehead atoms. The number of carbonyl (C=O) groups excluding carboxylic acids is 1. The zero-order valence-electron chi connectivity index (χ0n) is 14.8. The Morgan fingerprint density at radius 2 is 2.19 bits per heavy atom. The number of amides is 1. The molecule has 1 amide bonds. The van der Waals surface area contributed by atoms with Gasteiger partial charge in [0.15, 0.2) is 0 Å². The van der Waals surface area contributed by atoms with E-state index in [0.717, 1.165) is 46.2 Å². The quantitative estimate of drug-likeness (QED) is 0.723. The van der Waals surface area contributed by atoms with Gasteiger partial charge in [0.1, 0.15) is 10.7 Å². The highest BCUT2D eigenvalue weighted by molar-refractivity contribution is 7.14. The molecule has 1 aliphatic heterocycles. The standard InChI is InChI=1S/C19H22N4OS2/c1-13-4-8-23(9-5-13)10-6-20-18(24)17-15-3-2-14(12-16(15)26-22-17)19-21-7-11-25-19/h2-3,7,11-13H,4-6,8-10H2,1H3,(H,20,24). The van der Waals surface area contributed by atoms with Gasteiger partial charge in [0.25, 0.3) is 5.91 Å². The molecule has 3 aromatic rings. The van der Waals surface area contributed by atoms with Crippen molar-refractivity contribution in [3.63, 3.8) is 0 Å². The van der Waals surface area contributed by atoms with Gasteiger partial charge in [-0.3, -0.25) is 4.79 Å². The third-order valence-corrected chi connectivity index (χ3v) is 6.59. The molecule has 3 heterocycles. The number of nitrogens with zero attached hydrogens (tertiary/aromatic N) is 3. The normalized spacial score (nSPS) is 16.2. The molecule has 0 spiro atoms. The molecule has 26 heavy (non-hydrogen) atoms. The number of likely N-dealkylation sites (tertiary alicyclic amines) is 1. The Morgan fingerprint density at radius 3 is 2.96 bits per heavy atom. The summed E-state index contributed by atoms with van der Waals surface area (Å²) < 4.78 is 5.41. The third kappa shape index (κ3) is 3.79. The Morgan fingerprint density at radius 1 is 1.35 bits per heavy atom. The summed E-state index contributed by atoms with van der Waals surface area (Å²) in [7, 11) is 0. The van der Waals surface area contributed by atoms with Gasteiger partial charge < -0.3 is 10.2 Å². The molecule has 7 heteroatoms. The first-order valence-corrected chi connectivity index (χ1v) is 10.7. The van der Waals surface area contributed by atoms with Crippen molar-refractivity contribution in [1.82, 2.24) is 19.6 Å². The fraction of sp³-hybridized carbons (Fsp3) is 0.421. The maximum atomic E-state index is 12.5. The van der Waals surface area contributed by atoms with Crippen LogP contribution in [0, 0.1) is 5.92 Å². The zero-order valence-corrected chi connectivity index (χ0v) is 16.4. The number of aromatic nitrogens is 2. The van der Waals surface area contributed by atoms with E-state index < -0.39 is 0 Å². The van der Waals surface area contributed by atoms with Crippen molar-refractivity contribution in [3.8, 4) is 10.6 Å². The van der Waals surface area contributed by atoms with Crippen LogP contribution in [0.25, 0.3) is 20.7 Å². The van der Waals surface area contributed by atoms with Crippen LogP contribution in [-0.4, -0.2) is 46.3 Å². The van der Waals surface area contributed by atoms with Gasteiger partial charge in [0, 0.05) is 35.6 Å². The second kappa shape index (κ2) is 7.82. The minimum atomic E-state index is -0.0800. The largest absolute Gasteiger partial charge is 0.349 e. The number of hydrogen-bond acceptors (Lipinski definition) is 6. The first-order chi connectivity index (χ1) is 12.7. The fourth-order valence-electron chi connectivity index (χ4n) is 3.30. The van der Waals surface area contributed by atoms with Gasteiger partial charge in [-0.15, -0.1) is 11.3 Å². The van der Waals surface area contributed by atoms with E-state index in [0.29, 0.717) is 12.2 Å². The molecular weight excluding hydrogens is 364 g/mol. The monoisotopic (exact) mass is 386 g/mol. The van der Waals surface area contributed by atoms with Crippen LogP contribution < -0.4 is 5.32 Å². The zero-order chi connectivity index (χ0) is 17.9. The number of benzene rings is 1. The summed E-state index contributed by atoms with van der Waals surface area (Å²) in [6, 6.07) is 6.06. The van der Waals surface area contributed by atoms with E-state index in [2.05, 4.69) is 32.6 Å². The molecule has 136 valence electrons. The van der Waals surface area contributed by atoms with Gasteiger partial charge in [-0.2, -0.15) is 4.37 Å². The molecule has 2 aromatic heterocycles. The molecule has 1 fully saturated rings. The summed E-state index contributed by atoms with van der Waals surface area (Å²) in [5.41, 5.74) is 1.60. The van der Waals surface area contributed by atoms with Crippen LogP contribution >= 0.6 is 22.9 Å². The van der Waals surface area contributed by atoms with Gasteiger partial charge in [-0.05, 0) is 49.4 Å². The maximum absolute atomic E-state index is 12.5. The van der Waals surface area contributed by atoms with Gasteiger partial charge >= 0.3 is 0 Å². The van der Waals surface area contributed by atoms with Gasteiger partial charge in [0.2, 0.25) is 0 Å². The summed E-state index contributed by atoms with van der Waals surface area (Å²) in [6.07, 6.45) is 4.32. The predicted molar refractivity (Wildman–Crippen MR) is 108 cm³/mol. The van der Waals surface area contributed by atoms with E-state index in [1.54, 1.807) is 17.5 Å². The summed E-state index contributed by atoms with van der Waals surface area (Å²) in [5.74, 6) is 0.750. The van der Waals surface area contributed by atoms with E-state index in [4.69, 9.17) is 0 Å². The Kier molecular flexibility index (Phi) is 5.28. The molecule has 0 aliphatic carbocycles. The molecule has 0 radical (unpaired) electrons. The number of carbonyl (C=O) groups is 1. The second-order valence-corrected chi connectivity index (χ2v) is 8.56. The topological polar surface area (TPSA) is 58.1 Å². The Balaban J connectivity index is 1.39. The lowest BCUT2D eigenvalue weighted by atomic mass is 9.99. The molecule has 1 saturated heterocycles. The van der Waals surface area contributed by atoms with E-state index in [1.165, 1.54) is 24.4 Å². The number of thiazole rings is 1. The maximum Gasteiger partial charge on any atom is 0.271 e. The van der Waals surface area contributed by atoms with E-state index in [9.17, 15) is 4.79 Å². The van der Waals surface area contributed by atoms with Crippen molar-refractivity contribution in [1.29, 1.82) is 0 Å². The first-order valence-electron chi connectivity index (χ1n) is 9.00. The molecule has 0 saturated carbocycles. The SMILES string of the molecule is CC1CCN(CCNC(=O)c2nsc3cc(-c4nccs4)ccc23)CC1. The van der Waals surface area contributed by atoms with E-state index >= 15 is 0 Å². The van der Waals surface area contributed by atoms with Crippen molar-refractivity contribution in [2.75, 3.05) is 26.2 Å². The first kappa shape index (κ1) is 17.6. The van der Waals surface area contributed by atoms with Gasteiger partial charge in [-0.1, -0.05) is 19.1 Å². The van der Waals surface area contributed by atoms with Crippen molar-refractivity contribution in [2.45, 2.75) is 19.8 Å². The van der Waals surface area contributed by atoms with Gasteiger partial charge in [-0.25, -0.2) is 4.98 Å². The summed E-state index contributed by atoms with van der Waals surface area (Å²) in [4.78, 5) is 19.3. The van der Waals surface area contributed by atoms with Crippen molar-refractivity contribution >= 4 is 38.9 Å². The number of hydrogen-bond donors (Lipinski definition) is 1. The lowest BCUT2D eigenvalue weighted by molar-refractivity contribution is 0.0942. The summed E-state index contributed by atoms with van der Waals surface area (Å²) >= 11 is 2.98. The van der Waals surface area contributed by atoms with Crippen LogP contribution in [0.3, 0.4) is 0 Å². The van der Waals surface area contributed by atoms with Crippen LogP contribution in [0.15, 0.2) is 29.8 Å². The lowest BCUT2D eigenvalue weighted by Gasteiger charge is -2.30. The summed E-state index contributed by atoms with van der Waals surface area (Å²) in [5, 5.41) is 6.90. The Labute approximate surface area is 161 Å². The Bertz CT molecular complexity index is 882. The average Bonchev–Trinajstić information content (AvgIpc) is 3.32. The van der Waals surface area contributed by atoms with Crippen LogP contribution in [-0.2, 0) is 0 Å². The molecular formula is C19H22N4OS2. The molecule has 5 nitrogen and oxygen atoms in total. The minimum Gasteiger partial charge on any atom is -0.349 e. The van der Waals surface area contributed by atoms with Crippen LogP contribution in [0.1, 0.15) is 30.3 Å². The highest BCUT2D eigenvalue weighted by atomic mass is 32.1. The number of fused-ring (bicyclic) bond motifs is 1. The molecule has 0 unspecified atom stereocenters. The molecule has 1 N–H and O–H groups in total. The highest BCUT2D eigenvalue weighted by Gasteiger charge is 2.17. The third-order valence-electron chi connectivity index (χ3n) is 4.96. The number of piperidine rings is 1. The minimum absolute atomic E-state index is 0.0800. The van der Waals surface area contributed by atoms with Crippen molar-refractivity contribution < 1.29 is 4.79 Å². The van der Waals surface area contributed by atoms with Crippen LogP contribution in [0.5, 0.6) is 0 Å². The smallest absolute Gasteiger partial charge is 0.271 e. The van der Waals surface area contributed by atoms with E-state index in [1.807, 2.05) is 17.5 Å². The van der Waals surface area contributed by atoms with E-state index in [-0.39, 0.29) is 5.91 Å². The average molecular weight is 387 g/mol. The highest BCUT2D eigenvalue weighted by Crippen LogP contribution is 2.29. The van der Waals surface area contributed by atoms with Crippen molar-refractivity contribution in [2.24, 2.45) is 5.92 Å². The molecule has 1 aromatic carbocycles. The Hall–Kier alpha value is -1.83. The molecule has 4 rings (SSSR count). The number of nitrogens with one attached hydrogen (secondary N) is 1. The lowest BCUT2D eigenvalue weighted by Crippen LogP contribution is -2.39. The van der Waals surface area contributed by atoms with Crippen LogP contribution in [0.2, 0.25) is 0 Å². The number of rotatable bonds is 5. The van der Waals surface area contributed by atoms with Crippen molar-refractivity contribution in [3.05, 3.63) is 35.5 Å². The molecule has 0 atom stereocenters.